The number of hydrogen-bond donors (Lipinski definition) is 3. The van der Waals surface area contributed by atoms with Crippen molar-refractivity contribution < 1.29 is 5.11 Å². The predicted octanol–water partition coefficient (Wildman–Crippen LogP) is 2.09. The summed E-state index contributed by atoms with van der Waals surface area (Å²) in [5, 5.41) is 28.2. The second kappa shape index (κ2) is 4.97. The highest BCUT2D eigenvalue weighted by atomic mass is 32.2. The van der Waals surface area contributed by atoms with Crippen molar-refractivity contribution >= 4 is 17.4 Å². The summed E-state index contributed by atoms with van der Waals surface area (Å²) in [5.74, 6) is -0.642. The molecule has 1 aliphatic rings. The normalized spacial score (nSPS) is 18.9. The van der Waals surface area contributed by atoms with Crippen LogP contribution in [0.15, 0.2) is 45.5 Å². The predicted molar refractivity (Wildman–Crippen MR) is 73.3 cm³/mol. The molecule has 0 saturated carbocycles. The molecule has 2 rings (SSSR count). The molecule has 6 heteroatoms. The Morgan fingerprint density at radius 2 is 1.63 bits per heavy atom. The van der Waals surface area contributed by atoms with Gasteiger partial charge in [-0.1, -0.05) is 12.1 Å². The fourth-order valence-corrected chi connectivity index (χ4v) is 2.63. The third kappa shape index (κ3) is 2.22. The van der Waals surface area contributed by atoms with E-state index >= 15 is 0 Å². The standard InChI is InChI=1S/C13H10N4OS/c14-5-9-11(7-1-3-8(16)4-2-7)10(6-15)13(18)19-12(9)17/h1-4,11,18H,16-17H2. The maximum Gasteiger partial charge on any atom is 0.171 e. The van der Waals surface area contributed by atoms with Gasteiger partial charge in [-0.25, -0.2) is 0 Å². The van der Waals surface area contributed by atoms with E-state index < -0.39 is 5.92 Å². The number of aliphatic hydroxyl groups excluding tert-OH is 1. The molecule has 94 valence electrons. The zero-order chi connectivity index (χ0) is 14.0. The maximum absolute atomic E-state index is 9.81. The van der Waals surface area contributed by atoms with E-state index in [1.165, 1.54) is 0 Å². The number of hydrogen-bond acceptors (Lipinski definition) is 6. The van der Waals surface area contributed by atoms with Gasteiger partial charge in [-0.2, -0.15) is 10.5 Å². The molecular formula is C13H10N4OS. The largest absolute Gasteiger partial charge is 0.501 e. The monoisotopic (exact) mass is 270 g/mol. The molecule has 19 heavy (non-hydrogen) atoms. The summed E-state index contributed by atoms with van der Waals surface area (Å²) in [6, 6.07) is 10.7. The van der Waals surface area contributed by atoms with Crippen molar-refractivity contribution in [2.24, 2.45) is 5.73 Å². The summed E-state index contributed by atoms with van der Waals surface area (Å²) in [6.45, 7) is 0. The molecule has 0 amide bonds. The molecule has 1 atom stereocenters. The zero-order valence-corrected chi connectivity index (χ0v) is 10.6. The lowest BCUT2D eigenvalue weighted by Gasteiger charge is -2.22. The molecule has 0 aliphatic carbocycles. The Hall–Kier alpha value is -2.57. The number of nitrogen functional groups attached to an aromatic ring is 1. The average Bonchev–Trinajstić information content (AvgIpc) is 2.39. The Morgan fingerprint density at radius 1 is 1.05 bits per heavy atom. The Kier molecular flexibility index (Phi) is 3.37. The summed E-state index contributed by atoms with van der Waals surface area (Å²) in [4.78, 5) is 0. The number of allylic oxidation sites excluding steroid dienone is 2. The van der Waals surface area contributed by atoms with Crippen LogP contribution in [0.4, 0.5) is 5.69 Å². The molecule has 5 nitrogen and oxygen atoms in total. The first-order valence-electron chi connectivity index (χ1n) is 5.34. The van der Waals surface area contributed by atoms with Crippen LogP contribution in [0.5, 0.6) is 0 Å². The van der Waals surface area contributed by atoms with E-state index in [1.807, 2.05) is 12.1 Å². The van der Waals surface area contributed by atoms with Crippen molar-refractivity contribution in [3.05, 3.63) is 51.1 Å². The third-order valence-corrected chi connectivity index (χ3v) is 3.64. The Balaban J connectivity index is 2.61. The van der Waals surface area contributed by atoms with E-state index in [0.29, 0.717) is 11.3 Å². The molecule has 0 fully saturated rings. The lowest BCUT2D eigenvalue weighted by molar-refractivity contribution is 0.448. The molecule has 1 heterocycles. The minimum atomic E-state index is -0.642. The van der Waals surface area contributed by atoms with E-state index in [2.05, 4.69) is 0 Å². The SMILES string of the molecule is N#CC1=C(N)SC(O)=C(C#N)C1c1ccc(N)cc1. The molecule has 0 spiro atoms. The second-order valence-corrected chi connectivity index (χ2v) is 4.95. The first-order valence-corrected chi connectivity index (χ1v) is 6.16. The molecule has 0 saturated heterocycles. The first kappa shape index (κ1) is 12.9. The van der Waals surface area contributed by atoms with Gasteiger partial charge in [0.1, 0.15) is 6.07 Å². The van der Waals surface area contributed by atoms with Gasteiger partial charge < -0.3 is 16.6 Å². The van der Waals surface area contributed by atoms with Crippen molar-refractivity contribution in [1.29, 1.82) is 10.5 Å². The van der Waals surface area contributed by atoms with Gasteiger partial charge in [-0.05, 0) is 29.5 Å². The highest BCUT2D eigenvalue weighted by molar-refractivity contribution is 8.06. The quantitative estimate of drug-likeness (QED) is 0.672. The smallest absolute Gasteiger partial charge is 0.171 e. The number of nitrogens with two attached hydrogens (primary N) is 2. The summed E-state index contributed by atoms with van der Waals surface area (Å²) in [6.07, 6.45) is 0. The minimum Gasteiger partial charge on any atom is -0.501 e. The number of anilines is 1. The van der Waals surface area contributed by atoms with Crippen LogP contribution >= 0.6 is 11.8 Å². The Labute approximate surface area is 114 Å². The Bertz CT molecular complexity index is 625. The van der Waals surface area contributed by atoms with Crippen molar-refractivity contribution in [3.63, 3.8) is 0 Å². The summed E-state index contributed by atoms with van der Waals surface area (Å²) >= 11 is 0.831. The summed E-state index contributed by atoms with van der Waals surface area (Å²) in [5.41, 5.74) is 13.0. The lowest BCUT2D eigenvalue weighted by Crippen LogP contribution is -2.15. The lowest BCUT2D eigenvalue weighted by atomic mass is 9.86. The maximum atomic E-state index is 9.81. The van der Waals surface area contributed by atoms with E-state index in [9.17, 15) is 10.4 Å². The van der Waals surface area contributed by atoms with Gasteiger partial charge in [0.15, 0.2) is 5.09 Å². The summed E-state index contributed by atoms with van der Waals surface area (Å²) < 4.78 is 0. The number of benzene rings is 1. The van der Waals surface area contributed by atoms with E-state index in [-0.39, 0.29) is 21.3 Å². The molecule has 0 radical (unpaired) electrons. The van der Waals surface area contributed by atoms with E-state index in [0.717, 1.165) is 11.8 Å². The summed E-state index contributed by atoms with van der Waals surface area (Å²) in [7, 11) is 0. The molecule has 1 aromatic carbocycles. The van der Waals surface area contributed by atoms with Gasteiger partial charge in [-0.15, -0.1) is 0 Å². The highest BCUT2D eigenvalue weighted by Crippen LogP contribution is 2.43. The van der Waals surface area contributed by atoms with E-state index in [4.69, 9.17) is 16.7 Å². The van der Waals surface area contributed by atoms with Crippen LogP contribution in [0.3, 0.4) is 0 Å². The van der Waals surface area contributed by atoms with Crippen LogP contribution in [0.1, 0.15) is 11.5 Å². The number of aliphatic hydroxyl groups is 1. The van der Waals surface area contributed by atoms with Gasteiger partial charge in [-0.3, -0.25) is 0 Å². The fraction of sp³-hybridized carbons (Fsp3) is 0.0769. The van der Waals surface area contributed by atoms with Crippen molar-refractivity contribution in [2.75, 3.05) is 5.73 Å². The highest BCUT2D eigenvalue weighted by Gasteiger charge is 2.31. The Morgan fingerprint density at radius 3 is 2.16 bits per heavy atom. The van der Waals surface area contributed by atoms with E-state index in [1.54, 1.807) is 24.3 Å². The molecule has 5 N–H and O–H groups in total. The van der Waals surface area contributed by atoms with Crippen LogP contribution in [0.2, 0.25) is 0 Å². The van der Waals surface area contributed by atoms with Gasteiger partial charge >= 0.3 is 0 Å². The van der Waals surface area contributed by atoms with Crippen molar-refractivity contribution in [2.45, 2.75) is 5.92 Å². The zero-order valence-electron chi connectivity index (χ0n) is 9.79. The number of nitrogens with zero attached hydrogens (tertiary/aromatic N) is 2. The van der Waals surface area contributed by atoms with Crippen molar-refractivity contribution in [3.8, 4) is 12.1 Å². The van der Waals surface area contributed by atoms with Crippen LogP contribution in [0, 0.1) is 22.7 Å². The van der Waals surface area contributed by atoms with Gasteiger partial charge in [0.25, 0.3) is 0 Å². The molecule has 1 aliphatic heterocycles. The van der Waals surface area contributed by atoms with Gasteiger partial charge in [0.2, 0.25) is 0 Å². The average molecular weight is 270 g/mol. The minimum absolute atomic E-state index is 0.125. The van der Waals surface area contributed by atoms with Crippen LogP contribution in [-0.2, 0) is 0 Å². The molecular weight excluding hydrogens is 260 g/mol. The van der Waals surface area contributed by atoms with Gasteiger partial charge in [0, 0.05) is 5.69 Å². The number of thioether (sulfide) groups is 1. The van der Waals surface area contributed by atoms with Crippen molar-refractivity contribution in [1.82, 2.24) is 0 Å². The topological polar surface area (TPSA) is 120 Å². The fourth-order valence-electron chi connectivity index (χ4n) is 1.88. The third-order valence-electron chi connectivity index (χ3n) is 2.79. The first-order chi connectivity index (χ1) is 9.08. The van der Waals surface area contributed by atoms with Gasteiger partial charge in [0.05, 0.1) is 28.2 Å². The molecule has 0 bridgehead atoms. The van der Waals surface area contributed by atoms with Crippen LogP contribution in [0.25, 0.3) is 0 Å². The number of nitriles is 2. The number of rotatable bonds is 1. The second-order valence-electron chi connectivity index (χ2n) is 3.92. The molecule has 1 unspecified atom stereocenters. The molecule has 1 aromatic rings. The van der Waals surface area contributed by atoms with Crippen LogP contribution in [-0.4, -0.2) is 5.11 Å². The van der Waals surface area contributed by atoms with Crippen LogP contribution < -0.4 is 11.5 Å². The molecule has 0 aromatic heterocycles.